The molecule has 0 unspecified atom stereocenters. The molecule has 0 saturated heterocycles. The molecule has 1 N–H and O–H groups in total. The minimum atomic E-state index is -1.09. The number of Topliss-reactive ketones (excluding diaryl/α,β-unsaturated/α-hetero) is 1. The predicted molar refractivity (Wildman–Crippen MR) is 96.5 cm³/mol. The molecule has 0 bridgehead atoms. The zero-order chi connectivity index (χ0) is 18.6. The first-order valence-electron chi connectivity index (χ1n) is 8.31. The van der Waals surface area contributed by atoms with Crippen LogP contribution in [0, 0.1) is 0 Å². The highest BCUT2D eigenvalue weighted by Crippen LogP contribution is 2.38. The van der Waals surface area contributed by atoms with E-state index in [1.165, 1.54) is 4.90 Å². The highest BCUT2D eigenvalue weighted by molar-refractivity contribution is 6.30. The lowest BCUT2D eigenvalue weighted by molar-refractivity contribution is -0.134. The van der Waals surface area contributed by atoms with Gasteiger partial charge in [0.25, 0.3) is 5.91 Å². The van der Waals surface area contributed by atoms with Crippen molar-refractivity contribution in [3.05, 3.63) is 23.8 Å². The lowest BCUT2D eigenvalue weighted by Gasteiger charge is -2.38. The minimum Gasteiger partial charge on any atom is -0.476 e. The molecule has 6 nitrogen and oxygen atoms in total. The summed E-state index contributed by atoms with van der Waals surface area (Å²) in [6, 6.07) is 4.78. The molecule has 136 valence electrons. The summed E-state index contributed by atoms with van der Waals surface area (Å²) in [5.41, 5.74) is -0.304. The summed E-state index contributed by atoms with van der Waals surface area (Å²) in [5.74, 6) is -0.539. The number of carbonyl (C=O) groups is 3. The van der Waals surface area contributed by atoms with Gasteiger partial charge in [-0.25, -0.2) is 0 Å². The summed E-state index contributed by atoms with van der Waals surface area (Å²) < 4.78 is 5.74. The molecule has 1 aliphatic rings. The van der Waals surface area contributed by atoms with Crippen molar-refractivity contribution in [1.82, 2.24) is 5.32 Å². The fourth-order valence-corrected chi connectivity index (χ4v) is 2.73. The Bertz CT molecular complexity index is 688. The second-order valence-corrected chi connectivity index (χ2v) is 6.71. The molecular formula is C18H23ClN2O4. The summed E-state index contributed by atoms with van der Waals surface area (Å²) in [7, 11) is 0. The summed E-state index contributed by atoms with van der Waals surface area (Å²) >= 11 is 5.61. The second-order valence-electron chi connectivity index (χ2n) is 6.45. The van der Waals surface area contributed by atoms with Gasteiger partial charge in [-0.1, -0.05) is 13.3 Å². The van der Waals surface area contributed by atoms with Gasteiger partial charge in [0.15, 0.2) is 11.4 Å². The predicted octanol–water partition coefficient (Wildman–Crippen LogP) is 2.53. The first kappa shape index (κ1) is 19.2. The molecule has 25 heavy (non-hydrogen) atoms. The normalized spacial score (nSPS) is 15.4. The third kappa shape index (κ3) is 4.31. The highest BCUT2D eigenvalue weighted by atomic mass is 35.5. The molecule has 2 amide bonds. The van der Waals surface area contributed by atoms with Gasteiger partial charge in [-0.15, -0.1) is 11.6 Å². The number of rotatable bonds is 7. The fraction of sp³-hybridized carbons (Fsp3) is 0.500. The van der Waals surface area contributed by atoms with Gasteiger partial charge in [0, 0.05) is 12.1 Å². The summed E-state index contributed by atoms with van der Waals surface area (Å²) in [6.07, 6.45) is 1.84. The number of nitrogens with zero attached hydrogens (tertiary/aromatic N) is 1. The molecule has 1 aromatic rings. The summed E-state index contributed by atoms with van der Waals surface area (Å²) in [6.45, 7) is 5.78. The van der Waals surface area contributed by atoms with E-state index in [-0.39, 0.29) is 30.0 Å². The topological polar surface area (TPSA) is 75.7 Å². The molecule has 0 aliphatic carbocycles. The first-order valence-corrected chi connectivity index (χ1v) is 8.84. The van der Waals surface area contributed by atoms with Gasteiger partial charge in [-0.2, -0.15) is 0 Å². The van der Waals surface area contributed by atoms with E-state index in [0.29, 0.717) is 23.5 Å². The van der Waals surface area contributed by atoms with Crippen LogP contribution in [0.4, 0.5) is 5.69 Å². The van der Waals surface area contributed by atoms with E-state index < -0.39 is 5.60 Å². The Morgan fingerprint density at radius 2 is 2.04 bits per heavy atom. The quantitative estimate of drug-likeness (QED) is 0.457. The maximum Gasteiger partial charge on any atom is 0.271 e. The zero-order valence-corrected chi connectivity index (χ0v) is 15.5. The van der Waals surface area contributed by atoms with Crippen LogP contribution in [0.2, 0.25) is 0 Å². The highest BCUT2D eigenvalue weighted by Gasteiger charge is 2.41. The van der Waals surface area contributed by atoms with Crippen molar-refractivity contribution in [2.45, 2.75) is 39.2 Å². The Morgan fingerprint density at radius 3 is 2.68 bits per heavy atom. The number of nitrogens with one attached hydrogen (secondary N) is 1. The van der Waals surface area contributed by atoms with Gasteiger partial charge in [-0.3, -0.25) is 19.3 Å². The van der Waals surface area contributed by atoms with Gasteiger partial charge in [0.1, 0.15) is 12.3 Å². The van der Waals surface area contributed by atoms with Crippen molar-refractivity contribution in [1.29, 1.82) is 0 Å². The van der Waals surface area contributed by atoms with E-state index in [0.717, 1.165) is 12.8 Å². The molecule has 0 saturated carbocycles. The Kier molecular flexibility index (Phi) is 6.06. The number of anilines is 1. The van der Waals surface area contributed by atoms with Crippen molar-refractivity contribution in [3.8, 4) is 5.75 Å². The van der Waals surface area contributed by atoms with Gasteiger partial charge in [0.05, 0.1) is 11.6 Å². The average Bonchev–Trinajstić information content (AvgIpc) is 2.58. The van der Waals surface area contributed by atoms with Crippen LogP contribution in [0.3, 0.4) is 0 Å². The van der Waals surface area contributed by atoms with Crippen LogP contribution in [0.25, 0.3) is 0 Å². The van der Waals surface area contributed by atoms with Crippen LogP contribution in [0.1, 0.15) is 44.0 Å². The van der Waals surface area contributed by atoms with E-state index in [4.69, 9.17) is 16.3 Å². The SMILES string of the molecule is CCCCNC(=O)CN1C(=O)C(C)(C)Oc2ccc(C(=O)CCl)cc21. The van der Waals surface area contributed by atoms with Crippen molar-refractivity contribution >= 4 is 34.9 Å². The third-order valence-corrected chi connectivity index (χ3v) is 4.22. The number of carbonyl (C=O) groups excluding carboxylic acids is 3. The Balaban J connectivity index is 2.32. The number of alkyl halides is 1. The van der Waals surface area contributed by atoms with E-state index >= 15 is 0 Å². The van der Waals surface area contributed by atoms with Crippen LogP contribution < -0.4 is 15.0 Å². The van der Waals surface area contributed by atoms with Crippen molar-refractivity contribution in [2.24, 2.45) is 0 Å². The molecule has 1 aliphatic heterocycles. The minimum absolute atomic E-state index is 0.124. The van der Waals surface area contributed by atoms with Crippen LogP contribution in [-0.2, 0) is 9.59 Å². The van der Waals surface area contributed by atoms with Gasteiger partial charge in [0.2, 0.25) is 5.91 Å². The number of amides is 2. The van der Waals surface area contributed by atoms with Crippen molar-refractivity contribution in [3.63, 3.8) is 0 Å². The van der Waals surface area contributed by atoms with Crippen LogP contribution >= 0.6 is 11.6 Å². The standard InChI is InChI=1S/C18H23ClN2O4/c1-4-5-8-20-16(23)11-21-13-9-12(14(22)10-19)6-7-15(13)25-18(2,3)17(21)24/h6-7,9H,4-5,8,10-11H2,1-3H3,(H,20,23). The van der Waals surface area contributed by atoms with Gasteiger partial charge >= 0.3 is 0 Å². The zero-order valence-electron chi connectivity index (χ0n) is 14.7. The maximum absolute atomic E-state index is 12.7. The van der Waals surface area contributed by atoms with E-state index in [2.05, 4.69) is 5.32 Å². The molecule has 1 aromatic carbocycles. The summed E-state index contributed by atoms with van der Waals surface area (Å²) in [4.78, 5) is 38.2. The Morgan fingerprint density at radius 1 is 1.32 bits per heavy atom. The number of ether oxygens (including phenoxy) is 1. The second kappa shape index (κ2) is 7.87. The molecular weight excluding hydrogens is 344 g/mol. The first-order chi connectivity index (χ1) is 11.8. The molecule has 1 heterocycles. The van der Waals surface area contributed by atoms with Crippen LogP contribution in [0.5, 0.6) is 5.75 Å². The maximum atomic E-state index is 12.7. The van der Waals surface area contributed by atoms with Gasteiger partial charge < -0.3 is 10.1 Å². The van der Waals surface area contributed by atoms with Crippen LogP contribution in [0.15, 0.2) is 18.2 Å². The monoisotopic (exact) mass is 366 g/mol. The van der Waals surface area contributed by atoms with Gasteiger partial charge in [-0.05, 0) is 38.5 Å². The molecule has 7 heteroatoms. The van der Waals surface area contributed by atoms with Crippen molar-refractivity contribution in [2.75, 3.05) is 23.9 Å². The number of benzene rings is 1. The average molecular weight is 367 g/mol. The Labute approximate surface area is 152 Å². The van der Waals surface area contributed by atoms with E-state index in [9.17, 15) is 14.4 Å². The molecule has 0 fully saturated rings. The van der Waals surface area contributed by atoms with Crippen LogP contribution in [-0.4, -0.2) is 42.2 Å². The summed E-state index contributed by atoms with van der Waals surface area (Å²) in [5, 5.41) is 2.80. The lowest BCUT2D eigenvalue weighted by atomic mass is 10.0. The molecule has 0 spiro atoms. The smallest absolute Gasteiger partial charge is 0.271 e. The largest absolute Gasteiger partial charge is 0.476 e. The Hall–Kier alpha value is -2.08. The number of halogens is 1. The number of fused-ring (bicyclic) bond motifs is 1. The number of unbranched alkanes of at least 4 members (excludes halogenated alkanes) is 1. The molecule has 0 radical (unpaired) electrons. The fourth-order valence-electron chi connectivity index (χ4n) is 2.58. The molecule has 0 atom stereocenters. The van der Waals surface area contributed by atoms with Crippen molar-refractivity contribution < 1.29 is 19.1 Å². The lowest BCUT2D eigenvalue weighted by Crippen LogP contribution is -2.55. The third-order valence-electron chi connectivity index (χ3n) is 3.97. The number of hydrogen-bond acceptors (Lipinski definition) is 4. The van der Waals surface area contributed by atoms with E-state index in [1.807, 2.05) is 6.92 Å². The molecule has 0 aromatic heterocycles. The molecule has 2 rings (SSSR count). The van der Waals surface area contributed by atoms with E-state index in [1.54, 1.807) is 32.0 Å². The number of ketones is 1. The number of hydrogen-bond donors (Lipinski definition) is 1.